The van der Waals surface area contributed by atoms with E-state index in [-0.39, 0.29) is 5.91 Å². The second-order valence-electron chi connectivity index (χ2n) is 3.56. The van der Waals surface area contributed by atoms with Gasteiger partial charge in [-0.3, -0.25) is 4.79 Å². The van der Waals surface area contributed by atoms with Gasteiger partial charge in [0, 0.05) is 18.3 Å². The van der Waals surface area contributed by atoms with Gasteiger partial charge in [0.05, 0.1) is 0 Å². The Bertz CT molecular complexity index is 139. The summed E-state index contributed by atoms with van der Waals surface area (Å²) in [6.07, 6.45) is 7.78. The minimum absolute atomic E-state index is 0.211. The van der Waals surface area contributed by atoms with Crippen LogP contribution in [0.4, 0.5) is 0 Å². The molecule has 0 aliphatic carbocycles. The van der Waals surface area contributed by atoms with Crippen LogP contribution in [0.15, 0.2) is 0 Å². The number of carbonyl (C=O) groups excluding carboxylic acids is 1. The Balaban J connectivity index is 3.10. The summed E-state index contributed by atoms with van der Waals surface area (Å²) in [5.74, 6) is 0.211. The molecule has 0 atom stereocenters. The van der Waals surface area contributed by atoms with Crippen molar-refractivity contribution in [3.05, 3.63) is 0 Å². The number of nitrogens with one attached hydrogen (secondary N) is 1. The van der Waals surface area contributed by atoms with Gasteiger partial charge in [-0.05, 0) is 12.8 Å². The van der Waals surface area contributed by atoms with Gasteiger partial charge in [0.2, 0.25) is 5.91 Å². The molecular formula is C11H22BrNO. The third-order valence-electron chi connectivity index (χ3n) is 2.14. The Morgan fingerprint density at radius 1 is 1.14 bits per heavy atom. The predicted molar refractivity (Wildman–Crippen MR) is 64.8 cm³/mol. The monoisotopic (exact) mass is 263 g/mol. The van der Waals surface area contributed by atoms with Crippen LogP contribution < -0.4 is 5.32 Å². The molecule has 0 unspecified atom stereocenters. The number of hydrogen-bond donors (Lipinski definition) is 1. The van der Waals surface area contributed by atoms with Crippen molar-refractivity contribution in [2.75, 3.05) is 11.9 Å². The van der Waals surface area contributed by atoms with Gasteiger partial charge < -0.3 is 5.32 Å². The molecule has 3 heteroatoms. The molecule has 14 heavy (non-hydrogen) atoms. The minimum Gasteiger partial charge on any atom is -0.356 e. The zero-order chi connectivity index (χ0) is 10.6. The van der Waals surface area contributed by atoms with E-state index >= 15 is 0 Å². The first-order valence-corrected chi connectivity index (χ1v) is 6.76. The first-order valence-electron chi connectivity index (χ1n) is 5.64. The fourth-order valence-corrected chi connectivity index (χ4v) is 1.55. The van der Waals surface area contributed by atoms with Crippen molar-refractivity contribution in [2.24, 2.45) is 0 Å². The molecule has 0 fully saturated rings. The Labute approximate surface area is 96.0 Å². The van der Waals surface area contributed by atoms with Crippen LogP contribution in [0.2, 0.25) is 0 Å². The molecule has 84 valence electrons. The fraction of sp³-hybridized carbons (Fsp3) is 0.909. The van der Waals surface area contributed by atoms with Gasteiger partial charge in [-0.15, -0.1) is 0 Å². The SMILES string of the molecule is CCCCCCCC(=O)NCCCBr. The molecule has 0 spiro atoms. The Morgan fingerprint density at radius 2 is 1.86 bits per heavy atom. The summed E-state index contributed by atoms with van der Waals surface area (Å²) in [6.45, 7) is 3.01. The van der Waals surface area contributed by atoms with Gasteiger partial charge in [-0.25, -0.2) is 0 Å². The first kappa shape index (κ1) is 13.9. The Hall–Kier alpha value is -0.0500. The summed E-state index contributed by atoms with van der Waals surface area (Å²) < 4.78 is 0. The van der Waals surface area contributed by atoms with Crippen molar-refractivity contribution in [3.8, 4) is 0 Å². The molecule has 2 nitrogen and oxygen atoms in total. The molecule has 0 aliphatic rings. The first-order chi connectivity index (χ1) is 6.81. The quantitative estimate of drug-likeness (QED) is 0.502. The lowest BCUT2D eigenvalue weighted by Gasteiger charge is -2.03. The summed E-state index contributed by atoms with van der Waals surface area (Å²) in [5.41, 5.74) is 0. The molecule has 1 N–H and O–H groups in total. The van der Waals surface area contributed by atoms with Crippen LogP contribution in [0.1, 0.15) is 51.9 Å². The van der Waals surface area contributed by atoms with E-state index in [0.29, 0.717) is 6.42 Å². The second-order valence-corrected chi connectivity index (χ2v) is 4.35. The number of halogens is 1. The molecule has 0 rings (SSSR count). The molecule has 0 aromatic heterocycles. The van der Waals surface area contributed by atoms with E-state index in [9.17, 15) is 4.79 Å². The maximum Gasteiger partial charge on any atom is 0.219 e. The van der Waals surface area contributed by atoms with E-state index in [4.69, 9.17) is 0 Å². The summed E-state index contributed by atoms with van der Waals surface area (Å²) in [6, 6.07) is 0. The summed E-state index contributed by atoms with van der Waals surface area (Å²) in [5, 5.41) is 3.87. The number of carbonyl (C=O) groups is 1. The number of unbranched alkanes of at least 4 members (excludes halogenated alkanes) is 4. The molecule has 0 saturated carbocycles. The molecule has 0 heterocycles. The average Bonchev–Trinajstić information content (AvgIpc) is 2.18. The number of hydrogen-bond acceptors (Lipinski definition) is 1. The molecule has 0 bridgehead atoms. The van der Waals surface area contributed by atoms with Gasteiger partial charge >= 0.3 is 0 Å². The minimum atomic E-state index is 0.211. The highest BCUT2D eigenvalue weighted by Gasteiger charge is 1.99. The van der Waals surface area contributed by atoms with Gasteiger partial charge in [0.1, 0.15) is 0 Å². The standard InChI is InChI=1S/C11H22BrNO/c1-2-3-4-5-6-8-11(14)13-10-7-9-12/h2-10H2,1H3,(H,13,14). The summed E-state index contributed by atoms with van der Waals surface area (Å²) in [4.78, 5) is 11.2. The summed E-state index contributed by atoms with van der Waals surface area (Å²) >= 11 is 3.33. The van der Waals surface area contributed by atoms with E-state index in [2.05, 4.69) is 28.2 Å². The lowest BCUT2D eigenvalue weighted by Crippen LogP contribution is -2.24. The zero-order valence-corrected chi connectivity index (χ0v) is 10.7. The maximum atomic E-state index is 11.2. The molecular weight excluding hydrogens is 242 g/mol. The number of alkyl halides is 1. The van der Waals surface area contributed by atoms with Gasteiger partial charge in [-0.2, -0.15) is 0 Å². The van der Waals surface area contributed by atoms with Crippen molar-refractivity contribution in [1.82, 2.24) is 5.32 Å². The van der Waals surface area contributed by atoms with Crippen LogP contribution in [0.25, 0.3) is 0 Å². The van der Waals surface area contributed by atoms with Crippen LogP contribution in [0.5, 0.6) is 0 Å². The number of rotatable bonds is 9. The highest BCUT2D eigenvalue weighted by molar-refractivity contribution is 9.09. The molecule has 0 aromatic rings. The van der Waals surface area contributed by atoms with Crippen molar-refractivity contribution < 1.29 is 4.79 Å². The second kappa shape index (κ2) is 11.0. The normalized spacial score (nSPS) is 10.1. The molecule has 0 saturated heterocycles. The maximum absolute atomic E-state index is 11.2. The Kier molecular flexibility index (Phi) is 11.0. The van der Waals surface area contributed by atoms with Crippen LogP contribution in [0, 0.1) is 0 Å². The lowest BCUT2D eigenvalue weighted by atomic mass is 10.1. The molecule has 0 radical (unpaired) electrons. The van der Waals surface area contributed by atoms with E-state index in [1.54, 1.807) is 0 Å². The average molecular weight is 264 g/mol. The van der Waals surface area contributed by atoms with Gasteiger partial charge in [0.15, 0.2) is 0 Å². The number of amides is 1. The van der Waals surface area contributed by atoms with Gasteiger partial charge in [-0.1, -0.05) is 48.5 Å². The van der Waals surface area contributed by atoms with Crippen LogP contribution in [-0.2, 0) is 4.79 Å². The topological polar surface area (TPSA) is 29.1 Å². The van der Waals surface area contributed by atoms with Gasteiger partial charge in [0.25, 0.3) is 0 Å². The predicted octanol–water partition coefficient (Wildman–Crippen LogP) is 3.25. The smallest absolute Gasteiger partial charge is 0.219 e. The van der Waals surface area contributed by atoms with Crippen LogP contribution >= 0.6 is 15.9 Å². The largest absolute Gasteiger partial charge is 0.356 e. The molecule has 0 aromatic carbocycles. The highest BCUT2D eigenvalue weighted by atomic mass is 79.9. The Morgan fingerprint density at radius 3 is 2.50 bits per heavy atom. The third-order valence-corrected chi connectivity index (χ3v) is 2.70. The van der Waals surface area contributed by atoms with Crippen LogP contribution in [0.3, 0.4) is 0 Å². The third kappa shape index (κ3) is 10.0. The van der Waals surface area contributed by atoms with E-state index in [1.807, 2.05) is 0 Å². The lowest BCUT2D eigenvalue weighted by molar-refractivity contribution is -0.121. The van der Waals surface area contributed by atoms with Crippen molar-refractivity contribution in [3.63, 3.8) is 0 Å². The van der Waals surface area contributed by atoms with Crippen molar-refractivity contribution in [2.45, 2.75) is 51.9 Å². The zero-order valence-electron chi connectivity index (χ0n) is 9.15. The van der Waals surface area contributed by atoms with Crippen molar-refractivity contribution in [1.29, 1.82) is 0 Å². The molecule has 1 amide bonds. The van der Waals surface area contributed by atoms with E-state index in [1.165, 1.54) is 25.7 Å². The van der Waals surface area contributed by atoms with Crippen molar-refractivity contribution >= 4 is 21.8 Å². The van der Waals surface area contributed by atoms with E-state index in [0.717, 1.165) is 24.7 Å². The highest BCUT2D eigenvalue weighted by Crippen LogP contribution is 2.04. The van der Waals surface area contributed by atoms with Crippen LogP contribution in [-0.4, -0.2) is 17.8 Å². The van der Waals surface area contributed by atoms with E-state index < -0.39 is 0 Å². The fourth-order valence-electron chi connectivity index (χ4n) is 1.27. The molecule has 0 aliphatic heterocycles. The summed E-state index contributed by atoms with van der Waals surface area (Å²) in [7, 11) is 0.